The van der Waals surface area contributed by atoms with E-state index in [-0.39, 0.29) is 66.3 Å². The van der Waals surface area contributed by atoms with Crippen LogP contribution in [0.1, 0.15) is 43.2 Å². The van der Waals surface area contributed by atoms with Crippen LogP contribution in [0.4, 0.5) is 30.7 Å². The van der Waals surface area contributed by atoms with Gasteiger partial charge in [-0.15, -0.1) is 0 Å². The average Bonchev–Trinajstić information content (AvgIpc) is 3.39. The van der Waals surface area contributed by atoms with Crippen molar-refractivity contribution < 1.29 is 53.8 Å². The lowest BCUT2D eigenvalue weighted by atomic mass is 9.81. The molecule has 6 nitrogen and oxygen atoms in total. The maximum atomic E-state index is 14.7. The summed E-state index contributed by atoms with van der Waals surface area (Å²) in [6.45, 7) is -0.585. The number of hydrogen-bond donors (Lipinski definition) is 1. The number of rotatable bonds is 6. The molecule has 1 aliphatic heterocycles. The van der Waals surface area contributed by atoms with Gasteiger partial charge in [-0.05, 0) is 61.9 Å². The van der Waals surface area contributed by atoms with E-state index >= 15 is 0 Å². The van der Waals surface area contributed by atoms with Crippen molar-refractivity contribution in [3.63, 3.8) is 0 Å². The van der Waals surface area contributed by atoms with E-state index in [1.165, 1.54) is 29.2 Å². The number of alkyl halides is 7. The van der Waals surface area contributed by atoms with E-state index in [9.17, 15) is 53.8 Å². The normalized spacial score (nSPS) is 24.0. The van der Waals surface area contributed by atoms with Crippen LogP contribution in [0.5, 0.6) is 0 Å². The van der Waals surface area contributed by atoms with Gasteiger partial charge in [0, 0.05) is 29.6 Å². The lowest BCUT2D eigenvalue weighted by Gasteiger charge is -2.33. The molecule has 1 saturated heterocycles. The van der Waals surface area contributed by atoms with Crippen LogP contribution in [0.3, 0.4) is 0 Å². The zero-order valence-electron chi connectivity index (χ0n) is 21.7. The third-order valence-electron chi connectivity index (χ3n) is 8.20. The van der Waals surface area contributed by atoms with Crippen molar-refractivity contribution in [2.24, 2.45) is 11.8 Å². The van der Waals surface area contributed by atoms with Gasteiger partial charge in [-0.1, -0.05) is 35.9 Å². The van der Waals surface area contributed by atoms with Crippen molar-refractivity contribution in [2.45, 2.75) is 59.8 Å². The molecule has 1 saturated carbocycles. The first-order chi connectivity index (χ1) is 19.3. The first-order valence-electron chi connectivity index (χ1n) is 12.8. The van der Waals surface area contributed by atoms with E-state index in [0.29, 0.717) is 12.1 Å². The van der Waals surface area contributed by atoms with Gasteiger partial charge in [0.25, 0.3) is 0 Å². The van der Waals surface area contributed by atoms with E-state index in [1.54, 1.807) is 0 Å². The monoisotopic (exact) mass is 643 g/mol. The minimum absolute atomic E-state index is 0.107. The van der Waals surface area contributed by atoms with E-state index in [0.717, 1.165) is 0 Å². The largest absolute Gasteiger partial charge is 0.481 e. The highest BCUT2D eigenvalue weighted by atomic mass is 35.5. The first-order valence-corrected chi connectivity index (χ1v) is 14.7. The van der Waals surface area contributed by atoms with Crippen LogP contribution >= 0.6 is 11.6 Å². The Morgan fingerprint density at radius 1 is 0.833 bits per heavy atom. The Bertz CT molecular complexity index is 1420. The molecule has 2 aliphatic rings. The summed E-state index contributed by atoms with van der Waals surface area (Å²) in [5.41, 5.74) is -7.70. The van der Waals surface area contributed by atoms with E-state index in [2.05, 4.69) is 0 Å². The molecule has 0 radical (unpaired) electrons. The van der Waals surface area contributed by atoms with Crippen molar-refractivity contribution in [3.8, 4) is 0 Å². The van der Waals surface area contributed by atoms with Crippen molar-refractivity contribution in [1.29, 1.82) is 0 Å². The van der Waals surface area contributed by atoms with Crippen LogP contribution in [0, 0.1) is 11.8 Å². The van der Waals surface area contributed by atoms with Gasteiger partial charge in [0.15, 0.2) is 9.84 Å². The number of carbonyl (C=O) groups excluding carboxylic acids is 1. The molecule has 1 atom stereocenters. The topological polar surface area (TPSA) is 91.8 Å². The fourth-order valence-corrected chi connectivity index (χ4v) is 7.96. The van der Waals surface area contributed by atoms with Gasteiger partial charge in [0.1, 0.15) is 4.75 Å². The van der Waals surface area contributed by atoms with E-state index in [4.69, 9.17) is 11.6 Å². The number of likely N-dealkylation sites (tertiary alicyclic amines) is 1. The number of carbonyl (C=O) groups is 2. The molecule has 230 valence electrons. The van der Waals surface area contributed by atoms with E-state index in [1.807, 2.05) is 0 Å². The summed E-state index contributed by atoms with van der Waals surface area (Å²) in [7, 11) is -4.46. The number of benzene rings is 2. The highest BCUT2D eigenvalue weighted by molar-refractivity contribution is 7.92. The molecule has 2 fully saturated rings. The molecule has 0 spiro atoms. The highest BCUT2D eigenvalue weighted by Gasteiger charge is 2.73. The molecule has 0 unspecified atom stereocenters. The summed E-state index contributed by atoms with van der Waals surface area (Å²) in [4.78, 5) is 25.7. The maximum absolute atomic E-state index is 14.7. The Hall–Kier alpha value is -2.87. The Morgan fingerprint density at radius 3 is 1.81 bits per heavy atom. The Labute approximate surface area is 241 Å². The van der Waals surface area contributed by atoms with Gasteiger partial charge in [0.2, 0.25) is 5.91 Å². The Balaban J connectivity index is 1.74. The number of carboxylic acid groups (broad SMARTS) is 1. The van der Waals surface area contributed by atoms with Crippen LogP contribution in [0.2, 0.25) is 5.02 Å². The summed E-state index contributed by atoms with van der Waals surface area (Å²) in [5, 5.41) is 9.42. The molecule has 15 heteroatoms. The fourth-order valence-electron chi connectivity index (χ4n) is 5.76. The Kier molecular flexibility index (Phi) is 8.39. The lowest BCUT2D eigenvalue weighted by Crippen LogP contribution is -2.50. The summed E-state index contributed by atoms with van der Waals surface area (Å²) in [5.74, 6) is -2.60. The standard InChI is InChI=1S/C27H25ClF7NO5S/c28-20-9-11-21(12-10-20)42(40,41)24(13-14-36(15-24)22(37)16-1-3-17(4-2-16)23(38)39)18-5-7-19(8-6-18)25(29,26(30,31)32)27(33,34)35/h5-12,16-17H,1-4,13-15H2,(H,38,39)/t16?,17?,24-/m0/s1. The molecule has 0 aromatic heterocycles. The fraction of sp³-hybridized carbons (Fsp3) is 0.481. The number of aliphatic carboxylic acids is 1. The number of halogens is 8. The smallest absolute Gasteiger partial charge is 0.435 e. The van der Waals surface area contributed by atoms with Gasteiger partial charge in [-0.25, -0.2) is 12.8 Å². The zero-order valence-corrected chi connectivity index (χ0v) is 23.3. The predicted molar refractivity (Wildman–Crippen MR) is 136 cm³/mol. The molecular formula is C27H25ClF7NO5S. The van der Waals surface area contributed by atoms with Crippen molar-refractivity contribution >= 4 is 33.3 Å². The number of hydrogen-bond acceptors (Lipinski definition) is 4. The van der Waals surface area contributed by atoms with Crippen molar-refractivity contribution in [3.05, 3.63) is 64.7 Å². The van der Waals surface area contributed by atoms with Crippen molar-refractivity contribution in [2.75, 3.05) is 13.1 Å². The third kappa shape index (κ3) is 5.36. The second kappa shape index (κ2) is 11.0. The molecule has 1 aliphatic carbocycles. The maximum Gasteiger partial charge on any atom is 0.435 e. The molecule has 1 amide bonds. The van der Waals surface area contributed by atoms with Crippen LogP contribution in [0.15, 0.2) is 53.4 Å². The average molecular weight is 644 g/mol. The van der Waals surface area contributed by atoms with Crippen LogP contribution in [-0.2, 0) is 29.8 Å². The summed E-state index contributed by atoms with van der Waals surface area (Å²) in [6, 6.07) is 6.88. The highest BCUT2D eigenvalue weighted by Crippen LogP contribution is 2.54. The summed E-state index contributed by atoms with van der Waals surface area (Å²) in [6.07, 6.45) is -12.0. The van der Waals surface area contributed by atoms with Gasteiger partial charge < -0.3 is 10.0 Å². The van der Waals surface area contributed by atoms with Crippen LogP contribution in [0.25, 0.3) is 0 Å². The molecule has 0 bridgehead atoms. The summed E-state index contributed by atoms with van der Waals surface area (Å²) < 4.78 is 121. The minimum Gasteiger partial charge on any atom is -0.481 e. The van der Waals surface area contributed by atoms with Crippen LogP contribution in [-0.4, -0.2) is 55.7 Å². The van der Waals surface area contributed by atoms with Gasteiger partial charge >= 0.3 is 24.0 Å². The quantitative estimate of drug-likeness (QED) is 0.367. The first kappa shape index (κ1) is 32.1. The number of carboxylic acids is 1. The van der Waals surface area contributed by atoms with Gasteiger partial charge in [-0.3, -0.25) is 9.59 Å². The zero-order chi connectivity index (χ0) is 31.3. The number of sulfone groups is 1. The molecular weight excluding hydrogens is 619 g/mol. The molecule has 1 N–H and O–H groups in total. The van der Waals surface area contributed by atoms with Gasteiger partial charge in [-0.2, -0.15) is 26.3 Å². The molecule has 2 aromatic carbocycles. The minimum atomic E-state index is -6.35. The lowest BCUT2D eigenvalue weighted by molar-refractivity contribution is -0.348. The molecule has 42 heavy (non-hydrogen) atoms. The number of nitrogens with zero attached hydrogens (tertiary/aromatic N) is 1. The second-order valence-electron chi connectivity index (χ2n) is 10.6. The molecule has 4 rings (SSSR count). The third-order valence-corrected chi connectivity index (χ3v) is 10.9. The second-order valence-corrected chi connectivity index (χ2v) is 13.3. The predicted octanol–water partition coefficient (Wildman–Crippen LogP) is 6.42. The Morgan fingerprint density at radius 2 is 1.33 bits per heavy atom. The SMILES string of the molecule is O=C(O)C1CCC(C(=O)N2CC[C@](c3ccc(C(F)(C(F)(F)F)C(F)(F)F)cc3)(S(=O)(=O)c3ccc(Cl)cc3)C2)CC1. The number of amides is 1. The van der Waals surface area contributed by atoms with Crippen LogP contribution < -0.4 is 0 Å². The van der Waals surface area contributed by atoms with Gasteiger partial charge in [0.05, 0.1) is 10.8 Å². The summed E-state index contributed by atoms with van der Waals surface area (Å²) >= 11 is 5.88. The molecule has 1 heterocycles. The van der Waals surface area contributed by atoms with E-state index < -0.39 is 68.4 Å². The van der Waals surface area contributed by atoms with Crippen molar-refractivity contribution in [1.82, 2.24) is 4.90 Å². The molecule has 2 aromatic rings.